The SMILES string of the molecule is Cc1cc(C)c2[nH]c(CN3CC[C@@](O)(CN(C)C)C3)cc(=O)c2c1. The molecule has 1 aromatic heterocycles. The molecule has 2 heterocycles. The fourth-order valence-corrected chi connectivity index (χ4v) is 3.88. The van der Waals surface area contributed by atoms with E-state index < -0.39 is 5.60 Å². The molecule has 2 N–H and O–H groups in total. The average Bonchev–Trinajstić information content (AvgIpc) is 2.80. The number of pyridine rings is 1. The predicted octanol–water partition coefficient (Wildman–Crippen LogP) is 1.64. The molecule has 0 saturated carbocycles. The minimum absolute atomic E-state index is 0.0632. The summed E-state index contributed by atoms with van der Waals surface area (Å²) in [5.74, 6) is 0. The van der Waals surface area contributed by atoms with Gasteiger partial charge in [-0.1, -0.05) is 6.07 Å². The van der Waals surface area contributed by atoms with Crippen molar-refractivity contribution in [3.05, 3.63) is 45.2 Å². The van der Waals surface area contributed by atoms with E-state index in [1.807, 2.05) is 38.9 Å². The van der Waals surface area contributed by atoms with Crippen molar-refractivity contribution < 1.29 is 5.11 Å². The highest BCUT2D eigenvalue weighted by molar-refractivity contribution is 5.82. The van der Waals surface area contributed by atoms with E-state index in [0.29, 0.717) is 19.6 Å². The first-order valence-electron chi connectivity index (χ1n) is 8.48. The van der Waals surface area contributed by atoms with Gasteiger partial charge in [0.2, 0.25) is 0 Å². The van der Waals surface area contributed by atoms with Crippen molar-refractivity contribution in [1.29, 1.82) is 0 Å². The molecule has 1 aliphatic heterocycles. The molecule has 1 aromatic carbocycles. The lowest BCUT2D eigenvalue weighted by Crippen LogP contribution is -2.42. The van der Waals surface area contributed by atoms with Crippen LogP contribution in [0.2, 0.25) is 0 Å². The second kappa shape index (κ2) is 6.31. The van der Waals surface area contributed by atoms with Crippen molar-refractivity contribution >= 4 is 10.9 Å². The van der Waals surface area contributed by atoms with Crippen molar-refractivity contribution in [1.82, 2.24) is 14.8 Å². The second-order valence-corrected chi connectivity index (χ2v) is 7.59. The van der Waals surface area contributed by atoms with E-state index in [4.69, 9.17) is 0 Å². The van der Waals surface area contributed by atoms with Gasteiger partial charge >= 0.3 is 0 Å². The van der Waals surface area contributed by atoms with Crippen LogP contribution in [0, 0.1) is 13.8 Å². The molecule has 5 heteroatoms. The number of aromatic nitrogens is 1. The lowest BCUT2D eigenvalue weighted by atomic mass is 10.0. The number of benzene rings is 1. The van der Waals surface area contributed by atoms with Crippen molar-refractivity contribution in [2.45, 2.75) is 32.4 Å². The number of hydrogen-bond acceptors (Lipinski definition) is 4. The lowest BCUT2D eigenvalue weighted by Gasteiger charge is -2.26. The Morgan fingerprint density at radius 3 is 2.75 bits per heavy atom. The Morgan fingerprint density at radius 2 is 2.04 bits per heavy atom. The maximum Gasteiger partial charge on any atom is 0.189 e. The number of likely N-dealkylation sites (N-methyl/N-ethyl adjacent to an activating group) is 1. The summed E-state index contributed by atoms with van der Waals surface area (Å²) < 4.78 is 0. The van der Waals surface area contributed by atoms with Gasteiger partial charge in [0, 0.05) is 43.3 Å². The molecule has 5 nitrogen and oxygen atoms in total. The fraction of sp³-hybridized carbons (Fsp3) is 0.526. The normalized spacial score (nSPS) is 21.9. The number of nitrogens with zero attached hydrogens (tertiary/aromatic N) is 2. The zero-order valence-electron chi connectivity index (χ0n) is 15.0. The number of nitrogens with one attached hydrogen (secondary N) is 1. The first-order chi connectivity index (χ1) is 11.3. The molecule has 3 rings (SSSR count). The Balaban J connectivity index is 1.83. The maximum absolute atomic E-state index is 12.5. The minimum atomic E-state index is -0.659. The molecule has 1 fully saturated rings. The molecule has 1 atom stereocenters. The van der Waals surface area contributed by atoms with E-state index in [2.05, 4.69) is 16.0 Å². The molecule has 0 aliphatic carbocycles. The van der Waals surface area contributed by atoms with Crippen LogP contribution in [0.5, 0.6) is 0 Å². The quantitative estimate of drug-likeness (QED) is 0.895. The van der Waals surface area contributed by atoms with Crippen LogP contribution >= 0.6 is 0 Å². The number of aromatic amines is 1. The van der Waals surface area contributed by atoms with Gasteiger partial charge in [-0.05, 0) is 51.6 Å². The molecule has 24 heavy (non-hydrogen) atoms. The van der Waals surface area contributed by atoms with Gasteiger partial charge in [0.25, 0.3) is 0 Å². The van der Waals surface area contributed by atoms with Crippen molar-refractivity contribution in [3.63, 3.8) is 0 Å². The first-order valence-corrected chi connectivity index (χ1v) is 8.48. The number of rotatable bonds is 4. The van der Waals surface area contributed by atoms with Gasteiger partial charge in [0.1, 0.15) is 0 Å². The number of aryl methyl sites for hydroxylation is 2. The molecule has 0 spiro atoms. The van der Waals surface area contributed by atoms with E-state index in [-0.39, 0.29) is 5.43 Å². The Bertz CT molecular complexity index is 812. The van der Waals surface area contributed by atoms with Gasteiger partial charge in [-0.2, -0.15) is 0 Å². The molecule has 0 bridgehead atoms. The molecule has 0 amide bonds. The van der Waals surface area contributed by atoms with E-state index in [1.165, 1.54) is 0 Å². The summed E-state index contributed by atoms with van der Waals surface area (Å²) in [6.07, 6.45) is 0.765. The summed E-state index contributed by atoms with van der Waals surface area (Å²) >= 11 is 0. The Labute approximate surface area is 142 Å². The lowest BCUT2D eigenvalue weighted by molar-refractivity contribution is 0.0239. The van der Waals surface area contributed by atoms with Crippen LogP contribution in [0.3, 0.4) is 0 Å². The van der Waals surface area contributed by atoms with Gasteiger partial charge in [0.05, 0.1) is 11.1 Å². The predicted molar refractivity (Wildman–Crippen MR) is 97.4 cm³/mol. The maximum atomic E-state index is 12.5. The highest BCUT2D eigenvalue weighted by Gasteiger charge is 2.36. The van der Waals surface area contributed by atoms with Crippen molar-refractivity contribution in [2.24, 2.45) is 0 Å². The number of aliphatic hydroxyl groups is 1. The summed E-state index contributed by atoms with van der Waals surface area (Å²) in [7, 11) is 3.96. The standard InChI is InChI=1S/C19H27N3O2/c1-13-7-14(2)18-16(8-13)17(23)9-15(20-18)10-22-6-5-19(24,12-22)11-21(3)4/h7-9,24H,5-6,10-12H2,1-4H3,(H,20,23)/t19-/m1/s1. The van der Waals surface area contributed by atoms with Gasteiger partial charge in [0.15, 0.2) is 5.43 Å². The van der Waals surface area contributed by atoms with Crippen LogP contribution in [0.25, 0.3) is 10.9 Å². The van der Waals surface area contributed by atoms with Crippen LogP contribution in [-0.2, 0) is 6.54 Å². The fourth-order valence-electron chi connectivity index (χ4n) is 3.88. The minimum Gasteiger partial charge on any atom is -0.387 e. The highest BCUT2D eigenvalue weighted by Crippen LogP contribution is 2.24. The van der Waals surface area contributed by atoms with Crippen LogP contribution in [0.1, 0.15) is 23.2 Å². The molecule has 1 saturated heterocycles. The average molecular weight is 329 g/mol. The molecule has 130 valence electrons. The van der Waals surface area contributed by atoms with E-state index in [9.17, 15) is 9.90 Å². The van der Waals surface area contributed by atoms with Crippen LogP contribution in [-0.4, -0.2) is 59.2 Å². The van der Waals surface area contributed by atoms with Crippen LogP contribution < -0.4 is 5.43 Å². The van der Waals surface area contributed by atoms with E-state index in [0.717, 1.165) is 40.7 Å². The third kappa shape index (κ3) is 3.53. The summed E-state index contributed by atoms with van der Waals surface area (Å²) in [5, 5.41) is 11.4. The van der Waals surface area contributed by atoms with E-state index in [1.54, 1.807) is 6.07 Å². The Kier molecular flexibility index (Phi) is 4.51. The van der Waals surface area contributed by atoms with Crippen LogP contribution in [0.4, 0.5) is 0 Å². The number of fused-ring (bicyclic) bond motifs is 1. The number of H-pyrrole nitrogens is 1. The zero-order chi connectivity index (χ0) is 17.5. The number of β-amino-alcohol motifs (C(OH)–C–C–N with tert-alkyl or cyclic N) is 1. The summed E-state index contributed by atoms with van der Waals surface area (Å²) in [4.78, 5) is 20.1. The molecule has 0 unspecified atom stereocenters. The zero-order valence-corrected chi connectivity index (χ0v) is 15.0. The number of likely N-dealkylation sites (tertiary alicyclic amines) is 1. The van der Waals surface area contributed by atoms with Crippen molar-refractivity contribution in [3.8, 4) is 0 Å². The topological polar surface area (TPSA) is 59.6 Å². The Hall–Kier alpha value is -1.69. The Morgan fingerprint density at radius 1 is 1.29 bits per heavy atom. The van der Waals surface area contributed by atoms with Gasteiger partial charge in [-0.15, -0.1) is 0 Å². The van der Waals surface area contributed by atoms with Gasteiger partial charge < -0.3 is 15.0 Å². The van der Waals surface area contributed by atoms with Gasteiger partial charge in [-0.3, -0.25) is 9.69 Å². The van der Waals surface area contributed by atoms with Crippen LogP contribution in [0.15, 0.2) is 23.0 Å². The first kappa shape index (κ1) is 17.1. The largest absolute Gasteiger partial charge is 0.387 e. The highest BCUT2D eigenvalue weighted by atomic mass is 16.3. The summed E-state index contributed by atoms with van der Waals surface area (Å²) in [6.45, 7) is 6.84. The second-order valence-electron chi connectivity index (χ2n) is 7.59. The summed E-state index contributed by atoms with van der Waals surface area (Å²) in [6, 6.07) is 5.73. The molecule has 0 radical (unpaired) electrons. The number of hydrogen-bond donors (Lipinski definition) is 2. The summed E-state index contributed by atoms with van der Waals surface area (Å²) in [5.41, 5.74) is 3.43. The van der Waals surface area contributed by atoms with E-state index >= 15 is 0 Å². The molecule has 2 aromatic rings. The molecular weight excluding hydrogens is 302 g/mol. The van der Waals surface area contributed by atoms with Gasteiger partial charge in [-0.25, -0.2) is 0 Å². The third-order valence-electron chi connectivity index (χ3n) is 4.75. The monoisotopic (exact) mass is 329 g/mol. The molecule has 1 aliphatic rings. The van der Waals surface area contributed by atoms with Crippen molar-refractivity contribution in [2.75, 3.05) is 33.7 Å². The molecular formula is C19H27N3O2. The third-order valence-corrected chi connectivity index (χ3v) is 4.75. The smallest absolute Gasteiger partial charge is 0.189 e.